The number of aromatic nitrogens is 1. The van der Waals surface area contributed by atoms with Gasteiger partial charge in [-0.1, -0.05) is 109 Å². The van der Waals surface area contributed by atoms with E-state index in [9.17, 15) is 0 Å². The highest BCUT2D eigenvalue weighted by Gasteiger charge is 2.22. The third kappa shape index (κ3) is 3.19. The lowest BCUT2D eigenvalue weighted by atomic mass is 9.93. The monoisotopic (exact) mass is 599 g/mol. The van der Waals surface area contributed by atoms with E-state index >= 15 is 0 Å². The van der Waals surface area contributed by atoms with Crippen LogP contribution in [0.5, 0.6) is 0 Å². The summed E-state index contributed by atoms with van der Waals surface area (Å²) in [6.07, 6.45) is 0. The summed E-state index contributed by atoms with van der Waals surface area (Å²) in [6.45, 7) is 0. The Morgan fingerprint density at radius 2 is 1.07 bits per heavy atom. The average molecular weight is 600 g/mol. The maximum absolute atomic E-state index is 2.45. The van der Waals surface area contributed by atoms with Crippen molar-refractivity contribution in [2.75, 3.05) is 0 Å². The first-order valence-electron chi connectivity index (χ1n) is 15.9. The molecule has 0 unspecified atom stereocenters. The molecule has 10 aromatic rings. The van der Waals surface area contributed by atoms with Crippen LogP contribution in [0.3, 0.4) is 0 Å². The van der Waals surface area contributed by atoms with Crippen molar-refractivity contribution in [1.82, 2.24) is 4.57 Å². The predicted octanol–water partition coefficient (Wildman–Crippen LogP) is 12.8. The van der Waals surface area contributed by atoms with Crippen LogP contribution in [0.15, 0.2) is 152 Å². The molecule has 8 aromatic carbocycles. The van der Waals surface area contributed by atoms with Crippen LogP contribution in [-0.4, -0.2) is 4.57 Å². The minimum Gasteiger partial charge on any atom is -0.309 e. The molecule has 0 saturated heterocycles. The summed E-state index contributed by atoms with van der Waals surface area (Å²) in [5, 5.41) is 10.5. The first-order chi connectivity index (χ1) is 22.8. The first kappa shape index (κ1) is 24.6. The number of hydrogen-bond acceptors (Lipinski definition) is 1. The van der Waals surface area contributed by atoms with Gasteiger partial charge in [0.15, 0.2) is 0 Å². The number of nitrogens with zero attached hydrogens (tertiary/aromatic N) is 1. The number of fused-ring (bicyclic) bond motifs is 11. The number of para-hydroxylation sites is 1. The number of hydrogen-bond donors (Lipinski definition) is 0. The van der Waals surface area contributed by atoms with E-state index in [1.807, 2.05) is 11.3 Å². The van der Waals surface area contributed by atoms with E-state index in [0.717, 1.165) is 0 Å². The zero-order valence-corrected chi connectivity index (χ0v) is 25.6. The molecule has 0 aliphatic heterocycles. The molecule has 0 saturated carbocycles. The van der Waals surface area contributed by atoms with Gasteiger partial charge >= 0.3 is 0 Å². The molecule has 0 N–H and O–H groups in total. The molecular weight excluding hydrogens is 575 g/mol. The van der Waals surface area contributed by atoms with Crippen molar-refractivity contribution in [3.63, 3.8) is 0 Å². The summed E-state index contributed by atoms with van der Waals surface area (Å²) >= 11 is 1.88. The minimum absolute atomic E-state index is 1.19. The molecule has 46 heavy (non-hydrogen) atoms. The van der Waals surface area contributed by atoms with Gasteiger partial charge in [0.05, 0.1) is 11.0 Å². The second-order valence-electron chi connectivity index (χ2n) is 12.5. The van der Waals surface area contributed by atoms with Gasteiger partial charge in [0.25, 0.3) is 0 Å². The summed E-state index contributed by atoms with van der Waals surface area (Å²) in [6, 6.07) is 56.4. The lowest BCUT2D eigenvalue weighted by Crippen LogP contribution is -1.93. The Labute approximate surface area is 269 Å². The van der Waals surface area contributed by atoms with Gasteiger partial charge in [0.2, 0.25) is 0 Å². The van der Waals surface area contributed by atoms with Gasteiger partial charge in [-0.05, 0) is 97.4 Å². The van der Waals surface area contributed by atoms with Gasteiger partial charge in [-0.2, -0.15) is 0 Å². The Hall–Kier alpha value is -5.70. The van der Waals surface area contributed by atoms with Gasteiger partial charge in [-0.3, -0.25) is 0 Å². The Morgan fingerprint density at radius 1 is 0.370 bits per heavy atom. The van der Waals surface area contributed by atoms with Crippen LogP contribution in [0.25, 0.3) is 103 Å². The quantitative estimate of drug-likeness (QED) is 0.186. The highest BCUT2D eigenvalue weighted by Crippen LogP contribution is 2.49. The fourth-order valence-electron chi connectivity index (χ4n) is 8.15. The van der Waals surface area contributed by atoms with Crippen LogP contribution in [0.1, 0.15) is 0 Å². The number of rotatable bonds is 2. The molecule has 0 amide bonds. The van der Waals surface area contributed by atoms with Gasteiger partial charge in [0, 0.05) is 36.6 Å². The Bertz CT molecular complexity index is 2890. The molecule has 2 heteroatoms. The molecule has 0 bridgehead atoms. The molecule has 0 radical (unpaired) electrons. The van der Waals surface area contributed by atoms with Crippen molar-refractivity contribution in [2.45, 2.75) is 0 Å². The van der Waals surface area contributed by atoms with E-state index in [-0.39, 0.29) is 0 Å². The van der Waals surface area contributed by atoms with Crippen LogP contribution in [0.2, 0.25) is 0 Å². The molecule has 1 aliphatic rings. The average Bonchev–Trinajstić information content (AvgIpc) is 3.77. The Kier molecular flexibility index (Phi) is 4.78. The first-order valence-corrected chi connectivity index (χ1v) is 16.7. The van der Waals surface area contributed by atoms with Crippen molar-refractivity contribution < 1.29 is 0 Å². The summed E-state index contributed by atoms with van der Waals surface area (Å²) in [7, 11) is 0. The third-order valence-electron chi connectivity index (χ3n) is 10.1. The standard InChI is InChI=1S/C44H25NS/c1-2-9-32-31(8-1)34-13-7-12-33-30(20-21-35(32)42(33)34)28-17-16-27-25-29(19-18-26(27)24-28)45-38-14-5-3-10-36(38)43-39(45)22-23-41-44(43)37-11-4-6-15-40(37)46-41/h1-25H. The molecule has 0 fully saturated rings. The van der Waals surface area contributed by atoms with Crippen molar-refractivity contribution >= 4 is 74.9 Å². The van der Waals surface area contributed by atoms with Crippen LogP contribution in [0.4, 0.5) is 0 Å². The second-order valence-corrected chi connectivity index (χ2v) is 13.5. The van der Waals surface area contributed by atoms with E-state index in [1.54, 1.807) is 0 Å². The summed E-state index contributed by atoms with van der Waals surface area (Å²) in [5.74, 6) is 0. The zero-order valence-electron chi connectivity index (χ0n) is 24.8. The van der Waals surface area contributed by atoms with Crippen molar-refractivity contribution in [1.29, 1.82) is 0 Å². The fraction of sp³-hybridized carbons (Fsp3) is 0. The summed E-state index contributed by atoms with van der Waals surface area (Å²) < 4.78 is 5.13. The summed E-state index contributed by atoms with van der Waals surface area (Å²) in [4.78, 5) is 0. The fourth-order valence-corrected chi connectivity index (χ4v) is 9.27. The third-order valence-corrected chi connectivity index (χ3v) is 11.3. The molecule has 0 atom stereocenters. The maximum Gasteiger partial charge on any atom is 0.0548 e. The van der Waals surface area contributed by atoms with E-state index in [2.05, 4.69) is 156 Å². The lowest BCUT2D eigenvalue weighted by molar-refractivity contribution is 1.19. The van der Waals surface area contributed by atoms with Crippen LogP contribution < -0.4 is 0 Å². The van der Waals surface area contributed by atoms with E-state index in [0.29, 0.717) is 0 Å². The largest absolute Gasteiger partial charge is 0.309 e. The van der Waals surface area contributed by atoms with Crippen molar-refractivity contribution in [2.24, 2.45) is 0 Å². The Morgan fingerprint density at radius 3 is 1.98 bits per heavy atom. The van der Waals surface area contributed by atoms with Gasteiger partial charge in [0.1, 0.15) is 0 Å². The van der Waals surface area contributed by atoms with E-state index in [4.69, 9.17) is 0 Å². The zero-order chi connectivity index (χ0) is 29.9. The van der Waals surface area contributed by atoms with Crippen molar-refractivity contribution in [3.05, 3.63) is 152 Å². The Balaban J connectivity index is 1.10. The highest BCUT2D eigenvalue weighted by molar-refractivity contribution is 7.26. The maximum atomic E-state index is 2.45. The molecule has 11 rings (SSSR count). The second kappa shape index (κ2) is 8.94. The van der Waals surface area contributed by atoms with Gasteiger partial charge in [-0.25, -0.2) is 0 Å². The molecular formula is C44H25NS. The molecule has 212 valence electrons. The highest BCUT2D eigenvalue weighted by atomic mass is 32.1. The normalized spacial score (nSPS) is 12.3. The van der Waals surface area contributed by atoms with Crippen LogP contribution in [-0.2, 0) is 0 Å². The van der Waals surface area contributed by atoms with Gasteiger partial charge in [-0.15, -0.1) is 11.3 Å². The predicted molar refractivity (Wildman–Crippen MR) is 199 cm³/mol. The SMILES string of the molecule is c1ccc2c(c1)-c1cccc3c(-c4ccc5cc(-n6c7ccccc7c7c8c(ccc76)sc6ccccc68)ccc5c4)ccc-2c13. The van der Waals surface area contributed by atoms with Crippen LogP contribution in [0, 0.1) is 0 Å². The minimum atomic E-state index is 1.19. The molecule has 2 aromatic heterocycles. The summed E-state index contributed by atoms with van der Waals surface area (Å²) in [5.41, 5.74) is 11.6. The number of thiophene rings is 1. The van der Waals surface area contributed by atoms with E-state index in [1.165, 1.54) is 103 Å². The topological polar surface area (TPSA) is 4.93 Å². The van der Waals surface area contributed by atoms with Crippen LogP contribution >= 0.6 is 11.3 Å². The molecule has 1 nitrogen and oxygen atoms in total. The molecule has 2 heterocycles. The van der Waals surface area contributed by atoms with E-state index < -0.39 is 0 Å². The molecule has 1 aliphatic carbocycles. The smallest absolute Gasteiger partial charge is 0.0548 e. The number of benzene rings is 8. The lowest BCUT2D eigenvalue weighted by Gasteiger charge is -2.12. The van der Waals surface area contributed by atoms with Gasteiger partial charge < -0.3 is 4.57 Å². The molecule has 0 spiro atoms. The van der Waals surface area contributed by atoms with Crippen molar-refractivity contribution in [3.8, 4) is 39.1 Å².